The smallest absolute Gasteiger partial charge is 0.236 e. The lowest BCUT2D eigenvalue weighted by atomic mass is 10.1. The fourth-order valence-electron chi connectivity index (χ4n) is 3.61. The van der Waals surface area contributed by atoms with Gasteiger partial charge in [-0.1, -0.05) is 30.8 Å². The first-order valence-corrected chi connectivity index (χ1v) is 10.8. The minimum atomic E-state index is -0.668. The molecule has 1 aliphatic heterocycles. The molecule has 0 saturated heterocycles. The maximum atomic E-state index is 4.77. The van der Waals surface area contributed by atoms with Gasteiger partial charge in [-0.2, -0.15) is 0 Å². The third kappa shape index (κ3) is 1.55. The second-order valence-corrected chi connectivity index (χ2v) is 9.94. The maximum absolute atomic E-state index is 4.77. The molecule has 1 aromatic carbocycles. The molecule has 2 aromatic heterocycles. The first-order chi connectivity index (χ1) is 9.70. The van der Waals surface area contributed by atoms with Gasteiger partial charge < -0.3 is 0 Å². The lowest BCUT2D eigenvalue weighted by Gasteiger charge is -2.03. The average molecular weight is 299 g/mol. The summed E-state index contributed by atoms with van der Waals surface area (Å²) >= 11 is 1.93. The van der Waals surface area contributed by atoms with Crippen molar-refractivity contribution < 1.29 is 4.57 Å². The van der Waals surface area contributed by atoms with Crippen LogP contribution in [0.25, 0.3) is 20.3 Å². The Hall–Kier alpha value is -1.26. The van der Waals surface area contributed by atoms with Gasteiger partial charge in [0.1, 0.15) is 10.4 Å². The van der Waals surface area contributed by atoms with E-state index in [1.54, 1.807) is 10.8 Å². The van der Waals surface area contributed by atoms with Crippen molar-refractivity contribution in [2.75, 3.05) is 0 Å². The number of fused-ring (bicyclic) bond motifs is 5. The van der Waals surface area contributed by atoms with Crippen molar-refractivity contribution >= 4 is 45.6 Å². The van der Waals surface area contributed by atoms with Crippen LogP contribution in [-0.4, -0.2) is 13.8 Å². The summed E-state index contributed by atoms with van der Waals surface area (Å²) in [5.74, 6) is 0. The summed E-state index contributed by atoms with van der Waals surface area (Å²) < 4.78 is 4.99. The van der Waals surface area contributed by atoms with Crippen LogP contribution in [0.2, 0.25) is 12.6 Å². The molecule has 0 spiro atoms. The van der Waals surface area contributed by atoms with Crippen molar-refractivity contribution in [2.45, 2.75) is 32.4 Å². The van der Waals surface area contributed by atoms with E-state index < -0.39 is 8.80 Å². The van der Waals surface area contributed by atoms with Gasteiger partial charge in [0.15, 0.2) is 0 Å². The predicted octanol–water partition coefficient (Wildman–Crippen LogP) is 2.46. The first-order valence-electron chi connectivity index (χ1n) is 7.42. The van der Waals surface area contributed by atoms with Gasteiger partial charge >= 0.3 is 0 Å². The van der Waals surface area contributed by atoms with Crippen LogP contribution in [0.1, 0.15) is 18.2 Å². The number of rotatable bonds is 1. The Morgan fingerprint density at radius 1 is 1.40 bits per heavy atom. The zero-order valence-electron chi connectivity index (χ0n) is 12.2. The van der Waals surface area contributed by atoms with Gasteiger partial charge in [0, 0.05) is 16.5 Å². The fraction of sp³-hybridized carbons (Fsp3) is 0.375. The van der Waals surface area contributed by atoms with Crippen LogP contribution >= 0.6 is 11.3 Å². The number of aryl methyl sites for hydroxylation is 3. The van der Waals surface area contributed by atoms with Gasteiger partial charge in [-0.15, -0.1) is 11.3 Å². The Bertz CT molecular complexity index is 837. The summed E-state index contributed by atoms with van der Waals surface area (Å²) in [5, 5.41) is 3.15. The topological polar surface area (TPSA) is 16.8 Å². The highest BCUT2D eigenvalue weighted by Gasteiger charge is 2.26. The van der Waals surface area contributed by atoms with Gasteiger partial charge in [-0.3, -0.25) is 0 Å². The van der Waals surface area contributed by atoms with Crippen molar-refractivity contribution in [1.82, 2.24) is 4.98 Å². The lowest BCUT2D eigenvalue weighted by molar-refractivity contribution is -0.680. The van der Waals surface area contributed by atoms with Crippen LogP contribution < -0.4 is 9.75 Å². The van der Waals surface area contributed by atoms with Crippen molar-refractivity contribution in [1.29, 1.82) is 0 Å². The Morgan fingerprint density at radius 2 is 2.25 bits per heavy atom. The second-order valence-electron chi connectivity index (χ2n) is 5.88. The largest absolute Gasteiger partial charge is 0.286 e. The van der Waals surface area contributed by atoms with Crippen LogP contribution in [-0.2, 0) is 19.9 Å². The standard InChI is InChI=1S/C16H19N2SSi/c1-4-11-16-15(17-9-18(11)2)14-10-7-8-20(3)13(10)6-5-12(14)19-16/h5-6,9,20H,4,7-8H2,1-3H3/q+1. The minimum Gasteiger partial charge on any atom is -0.236 e. The Balaban J connectivity index is 2.17. The lowest BCUT2D eigenvalue weighted by Crippen LogP contribution is -2.33. The molecule has 102 valence electrons. The number of nitrogens with zero attached hydrogens (tertiary/aromatic N) is 2. The first kappa shape index (κ1) is 12.5. The van der Waals surface area contributed by atoms with Crippen molar-refractivity contribution in [3.63, 3.8) is 0 Å². The summed E-state index contributed by atoms with van der Waals surface area (Å²) in [6.07, 6.45) is 4.33. The summed E-state index contributed by atoms with van der Waals surface area (Å²) in [6.45, 7) is 4.72. The highest BCUT2D eigenvalue weighted by atomic mass is 32.1. The van der Waals surface area contributed by atoms with Crippen molar-refractivity contribution in [3.8, 4) is 0 Å². The van der Waals surface area contributed by atoms with Crippen molar-refractivity contribution in [2.24, 2.45) is 7.05 Å². The van der Waals surface area contributed by atoms with Crippen LogP contribution in [0.15, 0.2) is 18.5 Å². The Labute approximate surface area is 124 Å². The molecule has 0 N–H and O–H groups in total. The normalized spacial score (nSPS) is 18.1. The number of benzene rings is 1. The molecule has 1 atom stereocenters. The molecule has 0 saturated carbocycles. The molecule has 1 unspecified atom stereocenters. The molecule has 2 nitrogen and oxygen atoms in total. The van der Waals surface area contributed by atoms with Crippen LogP contribution in [0.3, 0.4) is 0 Å². The van der Waals surface area contributed by atoms with E-state index in [4.69, 9.17) is 4.98 Å². The van der Waals surface area contributed by atoms with E-state index in [1.807, 2.05) is 17.7 Å². The molecule has 0 aliphatic carbocycles. The molecule has 0 radical (unpaired) electrons. The molecule has 0 bridgehead atoms. The van der Waals surface area contributed by atoms with E-state index in [9.17, 15) is 0 Å². The van der Waals surface area contributed by atoms with E-state index in [-0.39, 0.29) is 0 Å². The van der Waals surface area contributed by atoms with Crippen LogP contribution in [0, 0.1) is 0 Å². The van der Waals surface area contributed by atoms with Crippen LogP contribution in [0.4, 0.5) is 0 Å². The highest BCUT2D eigenvalue weighted by molar-refractivity contribution is 7.26. The van der Waals surface area contributed by atoms with Gasteiger partial charge in [0.25, 0.3) is 6.33 Å². The number of hydrogen-bond acceptors (Lipinski definition) is 2. The Kier molecular flexibility index (Phi) is 2.72. The van der Waals surface area contributed by atoms with E-state index >= 15 is 0 Å². The fourth-order valence-corrected chi connectivity index (χ4v) is 7.29. The SMILES string of the molecule is CCc1c2sc3ccc4c(c3c2nc[n+]1C)CC[SiH]4C. The molecule has 4 heteroatoms. The predicted molar refractivity (Wildman–Crippen MR) is 88.8 cm³/mol. The monoisotopic (exact) mass is 299 g/mol. The maximum Gasteiger partial charge on any atom is 0.286 e. The summed E-state index contributed by atoms with van der Waals surface area (Å²) in [7, 11) is 1.44. The van der Waals surface area contributed by atoms with Gasteiger partial charge in [-0.25, -0.2) is 4.57 Å². The third-order valence-electron chi connectivity index (χ3n) is 4.72. The summed E-state index contributed by atoms with van der Waals surface area (Å²) in [4.78, 5) is 4.77. The number of thiophene rings is 1. The van der Waals surface area contributed by atoms with E-state index in [2.05, 4.69) is 37.2 Å². The molecule has 0 fully saturated rings. The molecule has 4 rings (SSSR count). The third-order valence-corrected chi connectivity index (χ3v) is 8.67. The quantitative estimate of drug-likeness (QED) is 0.498. The van der Waals surface area contributed by atoms with E-state index in [1.165, 1.54) is 38.5 Å². The molecule has 20 heavy (non-hydrogen) atoms. The molecule has 0 amide bonds. The molecule has 1 aliphatic rings. The molecule has 3 aromatic rings. The van der Waals surface area contributed by atoms with E-state index in [0.29, 0.717) is 0 Å². The van der Waals surface area contributed by atoms with Gasteiger partial charge in [-0.05, 0) is 23.0 Å². The zero-order chi connectivity index (χ0) is 13.9. The summed E-state index contributed by atoms with van der Waals surface area (Å²) in [5.41, 5.74) is 4.28. The Morgan fingerprint density at radius 3 is 3.05 bits per heavy atom. The molecular formula is C16H19N2SSi+. The minimum absolute atomic E-state index is 0.668. The molecule has 3 heterocycles. The van der Waals surface area contributed by atoms with Crippen molar-refractivity contribution in [3.05, 3.63) is 29.7 Å². The van der Waals surface area contributed by atoms with E-state index in [0.717, 1.165) is 6.42 Å². The second kappa shape index (κ2) is 4.37. The zero-order valence-corrected chi connectivity index (χ0v) is 14.2. The molecular weight excluding hydrogens is 280 g/mol. The summed E-state index contributed by atoms with van der Waals surface area (Å²) in [6, 6.07) is 6.17. The van der Waals surface area contributed by atoms with Gasteiger partial charge in [0.2, 0.25) is 5.52 Å². The van der Waals surface area contributed by atoms with Crippen LogP contribution in [0.5, 0.6) is 0 Å². The highest BCUT2D eigenvalue weighted by Crippen LogP contribution is 2.37. The average Bonchev–Trinajstić information content (AvgIpc) is 2.99. The number of hydrogen-bond donors (Lipinski definition) is 0. The number of aromatic nitrogens is 2. The van der Waals surface area contributed by atoms with Gasteiger partial charge in [0.05, 0.1) is 15.8 Å².